The van der Waals surface area contributed by atoms with Gasteiger partial charge >= 0.3 is 0 Å². The SMILES string of the molecule is CC(C)CCNC(=O)c1cc(CN)cc(C(=O)NCCC(C)(C)OCC(C)(C)N)c1. The van der Waals surface area contributed by atoms with Crippen molar-refractivity contribution in [2.75, 3.05) is 19.7 Å². The largest absolute Gasteiger partial charge is 0.374 e. The fourth-order valence-corrected chi connectivity index (χ4v) is 2.68. The van der Waals surface area contributed by atoms with Gasteiger partial charge in [0.1, 0.15) is 0 Å². The number of rotatable bonds is 12. The first-order valence-corrected chi connectivity index (χ1v) is 10.7. The minimum atomic E-state index is -0.412. The number of benzene rings is 1. The van der Waals surface area contributed by atoms with E-state index in [0.29, 0.717) is 43.2 Å². The molecule has 0 aliphatic heterocycles. The Balaban J connectivity index is 2.71. The third kappa shape index (κ3) is 10.2. The zero-order valence-electron chi connectivity index (χ0n) is 19.4. The van der Waals surface area contributed by atoms with Crippen molar-refractivity contribution in [2.24, 2.45) is 17.4 Å². The van der Waals surface area contributed by atoms with Crippen molar-refractivity contribution in [1.29, 1.82) is 0 Å². The third-order valence-electron chi connectivity index (χ3n) is 4.61. The summed E-state index contributed by atoms with van der Waals surface area (Å²) in [7, 11) is 0. The van der Waals surface area contributed by atoms with Gasteiger partial charge in [-0.3, -0.25) is 9.59 Å². The van der Waals surface area contributed by atoms with Crippen LogP contribution in [0.4, 0.5) is 0 Å². The van der Waals surface area contributed by atoms with Gasteiger partial charge in [0.25, 0.3) is 11.8 Å². The molecule has 0 spiro atoms. The Labute approximate surface area is 181 Å². The van der Waals surface area contributed by atoms with Crippen molar-refractivity contribution >= 4 is 11.8 Å². The van der Waals surface area contributed by atoms with Gasteiger partial charge in [-0.2, -0.15) is 0 Å². The molecule has 2 amide bonds. The number of amides is 2. The van der Waals surface area contributed by atoms with Gasteiger partial charge in [0, 0.05) is 36.3 Å². The van der Waals surface area contributed by atoms with Crippen LogP contribution >= 0.6 is 0 Å². The highest BCUT2D eigenvalue weighted by atomic mass is 16.5. The maximum absolute atomic E-state index is 12.6. The van der Waals surface area contributed by atoms with Gasteiger partial charge in [-0.1, -0.05) is 13.8 Å². The van der Waals surface area contributed by atoms with Gasteiger partial charge in [0.05, 0.1) is 12.2 Å². The first-order chi connectivity index (χ1) is 13.8. The average Bonchev–Trinajstić information content (AvgIpc) is 2.65. The lowest BCUT2D eigenvalue weighted by Gasteiger charge is -2.30. The number of nitrogens with two attached hydrogens (primary N) is 2. The number of nitrogens with one attached hydrogen (secondary N) is 2. The summed E-state index contributed by atoms with van der Waals surface area (Å²) in [5.41, 5.74) is 12.5. The molecule has 0 unspecified atom stereocenters. The maximum Gasteiger partial charge on any atom is 0.251 e. The van der Waals surface area contributed by atoms with E-state index in [9.17, 15) is 9.59 Å². The summed E-state index contributed by atoms with van der Waals surface area (Å²) in [6.07, 6.45) is 1.53. The summed E-state index contributed by atoms with van der Waals surface area (Å²) in [6, 6.07) is 5.06. The number of carbonyl (C=O) groups excluding carboxylic acids is 2. The Morgan fingerprint density at radius 1 is 1.00 bits per heavy atom. The Morgan fingerprint density at radius 3 is 2.00 bits per heavy atom. The highest BCUT2D eigenvalue weighted by Gasteiger charge is 2.22. The van der Waals surface area contributed by atoms with Crippen molar-refractivity contribution in [3.63, 3.8) is 0 Å². The molecule has 0 saturated carbocycles. The van der Waals surface area contributed by atoms with Crippen LogP contribution in [0.5, 0.6) is 0 Å². The van der Waals surface area contributed by atoms with Gasteiger partial charge in [-0.05, 0) is 70.2 Å². The van der Waals surface area contributed by atoms with Crippen molar-refractivity contribution < 1.29 is 14.3 Å². The highest BCUT2D eigenvalue weighted by Crippen LogP contribution is 2.16. The zero-order valence-corrected chi connectivity index (χ0v) is 19.4. The van der Waals surface area contributed by atoms with E-state index in [1.807, 2.05) is 27.7 Å². The van der Waals surface area contributed by atoms with E-state index in [1.165, 1.54) is 0 Å². The van der Waals surface area contributed by atoms with Crippen LogP contribution in [0.2, 0.25) is 0 Å². The lowest BCUT2D eigenvalue weighted by atomic mass is 10.0. The van der Waals surface area contributed by atoms with Crippen molar-refractivity contribution in [2.45, 2.75) is 72.1 Å². The van der Waals surface area contributed by atoms with Crippen molar-refractivity contribution in [3.05, 3.63) is 34.9 Å². The van der Waals surface area contributed by atoms with Crippen LogP contribution in [-0.4, -0.2) is 42.7 Å². The molecule has 6 N–H and O–H groups in total. The van der Waals surface area contributed by atoms with Gasteiger partial charge < -0.3 is 26.8 Å². The van der Waals surface area contributed by atoms with Crippen LogP contribution in [-0.2, 0) is 11.3 Å². The molecule has 0 saturated heterocycles. The summed E-state index contributed by atoms with van der Waals surface area (Å²) in [6.45, 7) is 13.7. The molecule has 7 heteroatoms. The van der Waals surface area contributed by atoms with E-state index in [2.05, 4.69) is 24.5 Å². The molecular formula is C23H40N4O3. The lowest BCUT2D eigenvalue weighted by molar-refractivity contribution is -0.0406. The summed E-state index contributed by atoms with van der Waals surface area (Å²) < 4.78 is 5.88. The third-order valence-corrected chi connectivity index (χ3v) is 4.61. The fourth-order valence-electron chi connectivity index (χ4n) is 2.68. The predicted octanol–water partition coefficient (Wildman–Crippen LogP) is 2.57. The molecule has 0 atom stereocenters. The normalized spacial score (nSPS) is 12.2. The molecule has 1 rings (SSSR count). The van der Waals surface area contributed by atoms with Crippen LogP contribution in [0.3, 0.4) is 0 Å². The molecule has 0 fully saturated rings. The van der Waals surface area contributed by atoms with E-state index in [1.54, 1.807) is 18.2 Å². The molecule has 0 aliphatic carbocycles. The number of ether oxygens (including phenoxy) is 1. The molecule has 0 heterocycles. The average molecular weight is 421 g/mol. The lowest BCUT2D eigenvalue weighted by Crippen LogP contribution is -2.42. The Hall–Kier alpha value is -1.96. The molecule has 170 valence electrons. The summed E-state index contributed by atoms with van der Waals surface area (Å²) in [5.74, 6) is 0.0709. The van der Waals surface area contributed by atoms with E-state index >= 15 is 0 Å². The Morgan fingerprint density at radius 2 is 1.53 bits per heavy atom. The minimum Gasteiger partial charge on any atom is -0.374 e. The van der Waals surface area contributed by atoms with Crippen LogP contribution in [0.1, 0.15) is 80.7 Å². The van der Waals surface area contributed by atoms with Crippen molar-refractivity contribution in [3.8, 4) is 0 Å². The molecule has 0 bridgehead atoms. The highest BCUT2D eigenvalue weighted by molar-refractivity contribution is 6.00. The quantitative estimate of drug-likeness (QED) is 0.414. The van der Waals surface area contributed by atoms with Gasteiger partial charge in [-0.15, -0.1) is 0 Å². The van der Waals surface area contributed by atoms with Crippen molar-refractivity contribution in [1.82, 2.24) is 10.6 Å². The molecule has 0 radical (unpaired) electrons. The smallest absolute Gasteiger partial charge is 0.251 e. The van der Waals surface area contributed by atoms with Gasteiger partial charge in [0.2, 0.25) is 0 Å². The summed E-state index contributed by atoms with van der Waals surface area (Å²) in [5, 5.41) is 5.80. The van der Waals surface area contributed by atoms with Crippen LogP contribution in [0.15, 0.2) is 18.2 Å². The van der Waals surface area contributed by atoms with Crippen LogP contribution in [0, 0.1) is 5.92 Å². The standard InChI is InChI=1S/C23H40N4O3/c1-16(2)7-9-26-20(28)18-11-17(14-24)12-19(13-18)21(29)27-10-8-23(5,6)30-15-22(3,4)25/h11-13,16H,7-10,14-15,24-25H2,1-6H3,(H,26,28)(H,27,29). The monoisotopic (exact) mass is 420 g/mol. The zero-order chi connectivity index (χ0) is 22.9. The summed E-state index contributed by atoms with van der Waals surface area (Å²) in [4.78, 5) is 25.1. The molecule has 1 aromatic carbocycles. The predicted molar refractivity (Wildman–Crippen MR) is 121 cm³/mol. The second-order valence-electron chi connectivity index (χ2n) is 9.60. The number of hydrogen-bond donors (Lipinski definition) is 4. The number of hydrogen-bond acceptors (Lipinski definition) is 5. The van der Waals surface area contributed by atoms with E-state index in [0.717, 1.165) is 12.0 Å². The van der Waals surface area contributed by atoms with Gasteiger partial charge in [0.15, 0.2) is 0 Å². The molecule has 7 nitrogen and oxygen atoms in total. The van der Waals surface area contributed by atoms with Crippen LogP contribution < -0.4 is 22.1 Å². The minimum absolute atomic E-state index is 0.195. The molecule has 30 heavy (non-hydrogen) atoms. The molecule has 0 aromatic heterocycles. The molecule has 0 aliphatic rings. The summed E-state index contributed by atoms with van der Waals surface area (Å²) >= 11 is 0. The topological polar surface area (TPSA) is 119 Å². The number of carbonyl (C=O) groups is 2. The van der Waals surface area contributed by atoms with Crippen LogP contribution in [0.25, 0.3) is 0 Å². The Kier molecular flexibility index (Phi) is 9.94. The van der Waals surface area contributed by atoms with E-state index < -0.39 is 11.1 Å². The Bertz CT molecular complexity index is 709. The molecule has 1 aromatic rings. The van der Waals surface area contributed by atoms with Gasteiger partial charge in [-0.25, -0.2) is 0 Å². The first-order valence-electron chi connectivity index (χ1n) is 10.7. The first kappa shape index (κ1) is 26.1. The maximum atomic E-state index is 12.6. The van der Waals surface area contributed by atoms with E-state index in [4.69, 9.17) is 16.2 Å². The molecular weight excluding hydrogens is 380 g/mol. The second kappa shape index (κ2) is 11.4. The van der Waals surface area contributed by atoms with E-state index in [-0.39, 0.29) is 18.4 Å². The fraction of sp³-hybridized carbons (Fsp3) is 0.652. The second-order valence-corrected chi connectivity index (χ2v) is 9.60.